The van der Waals surface area contributed by atoms with Gasteiger partial charge in [-0.3, -0.25) is 4.79 Å². The van der Waals surface area contributed by atoms with Gasteiger partial charge < -0.3 is 10.2 Å². The van der Waals surface area contributed by atoms with Crippen LogP contribution in [0.25, 0.3) is 0 Å². The summed E-state index contributed by atoms with van der Waals surface area (Å²) in [6, 6.07) is 0.591. The second-order valence-electron chi connectivity index (χ2n) is 5.29. The van der Waals surface area contributed by atoms with E-state index in [0.717, 1.165) is 25.9 Å². The molecule has 1 N–H and O–H groups in total. The van der Waals surface area contributed by atoms with Crippen molar-refractivity contribution < 1.29 is 4.79 Å². The molecule has 94 valence electrons. The van der Waals surface area contributed by atoms with Gasteiger partial charge in [-0.1, -0.05) is 27.2 Å². The fraction of sp³-hybridized carbons (Fsp3) is 0.923. The van der Waals surface area contributed by atoms with E-state index in [1.807, 2.05) is 7.05 Å². The van der Waals surface area contributed by atoms with Gasteiger partial charge in [-0.15, -0.1) is 0 Å². The van der Waals surface area contributed by atoms with Crippen LogP contribution in [0.2, 0.25) is 0 Å². The molecule has 1 aliphatic rings. The quantitative estimate of drug-likeness (QED) is 0.794. The first-order chi connectivity index (χ1) is 7.58. The molecule has 0 saturated carbocycles. The molecule has 0 aromatic carbocycles. The third-order valence-electron chi connectivity index (χ3n) is 3.56. The fourth-order valence-corrected chi connectivity index (χ4v) is 2.53. The molecule has 1 aliphatic heterocycles. The molecule has 0 aliphatic carbocycles. The Morgan fingerprint density at radius 1 is 1.50 bits per heavy atom. The number of piperidine rings is 1. The number of hydrogen-bond donors (Lipinski definition) is 1. The van der Waals surface area contributed by atoms with Crippen LogP contribution in [0, 0.1) is 11.8 Å². The highest BCUT2D eigenvalue weighted by Crippen LogP contribution is 2.21. The number of carbonyl (C=O) groups is 1. The fourth-order valence-electron chi connectivity index (χ4n) is 2.53. The maximum absolute atomic E-state index is 12.0. The highest BCUT2D eigenvalue weighted by Gasteiger charge is 2.29. The summed E-state index contributed by atoms with van der Waals surface area (Å²) in [5.41, 5.74) is 0. The molecular formula is C13H26N2O. The van der Waals surface area contributed by atoms with Crippen LogP contribution in [-0.4, -0.2) is 37.0 Å². The molecule has 2 atom stereocenters. The van der Waals surface area contributed by atoms with Gasteiger partial charge in [-0.25, -0.2) is 0 Å². The van der Waals surface area contributed by atoms with Crippen LogP contribution >= 0.6 is 0 Å². The van der Waals surface area contributed by atoms with Crippen LogP contribution in [-0.2, 0) is 4.79 Å². The predicted octanol–water partition coefficient (Wildman–Crippen LogP) is 1.88. The number of nitrogens with one attached hydrogen (secondary N) is 1. The molecule has 1 rings (SSSR count). The van der Waals surface area contributed by atoms with Crippen molar-refractivity contribution in [1.29, 1.82) is 0 Å². The van der Waals surface area contributed by atoms with E-state index in [1.54, 1.807) is 0 Å². The van der Waals surface area contributed by atoms with E-state index in [2.05, 4.69) is 31.0 Å². The van der Waals surface area contributed by atoms with Gasteiger partial charge in [0.1, 0.15) is 0 Å². The van der Waals surface area contributed by atoms with Crippen LogP contribution in [0.1, 0.15) is 40.0 Å². The van der Waals surface area contributed by atoms with Gasteiger partial charge in [-0.05, 0) is 25.3 Å². The number of hydrogen-bond acceptors (Lipinski definition) is 2. The minimum absolute atomic E-state index is 0.336. The molecule has 0 spiro atoms. The minimum Gasteiger partial charge on any atom is -0.342 e. The van der Waals surface area contributed by atoms with Gasteiger partial charge in [0.05, 0.1) is 0 Å². The summed E-state index contributed by atoms with van der Waals surface area (Å²) in [5, 5.41) is 3.37. The molecule has 1 heterocycles. The van der Waals surface area contributed by atoms with E-state index in [4.69, 9.17) is 0 Å². The van der Waals surface area contributed by atoms with Gasteiger partial charge >= 0.3 is 0 Å². The maximum atomic E-state index is 12.0. The summed E-state index contributed by atoms with van der Waals surface area (Å²) >= 11 is 0. The molecule has 3 nitrogen and oxygen atoms in total. The Morgan fingerprint density at radius 2 is 2.19 bits per heavy atom. The number of rotatable bonds is 4. The standard InChI is InChI=1S/C13H26N2O/c1-5-11-9-15(7-6-12(11)14-4)13(16)8-10(2)3/h10-12,14H,5-9H2,1-4H3. The molecule has 1 fully saturated rings. The molecule has 16 heavy (non-hydrogen) atoms. The van der Waals surface area contributed by atoms with E-state index in [1.165, 1.54) is 0 Å². The number of amides is 1. The van der Waals surface area contributed by atoms with Crippen molar-refractivity contribution in [2.75, 3.05) is 20.1 Å². The van der Waals surface area contributed by atoms with E-state index in [-0.39, 0.29) is 0 Å². The predicted molar refractivity (Wildman–Crippen MR) is 67.3 cm³/mol. The zero-order valence-electron chi connectivity index (χ0n) is 11.1. The lowest BCUT2D eigenvalue weighted by Crippen LogP contribution is -2.50. The first kappa shape index (κ1) is 13.5. The lowest BCUT2D eigenvalue weighted by molar-refractivity contribution is -0.134. The van der Waals surface area contributed by atoms with Gasteiger partial charge in [0, 0.05) is 25.6 Å². The molecule has 1 amide bonds. The first-order valence-electron chi connectivity index (χ1n) is 6.53. The average molecular weight is 226 g/mol. The van der Waals surface area contributed by atoms with Crippen LogP contribution in [0.3, 0.4) is 0 Å². The molecule has 1 saturated heterocycles. The molecule has 2 unspecified atom stereocenters. The Kier molecular flexibility index (Phi) is 5.26. The van der Waals surface area contributed by atoms with E-state index in [9.17, 15) is 4.79 Å². The summed E-state index contributed by atoms with van der Waals surface area (Å²) in [5.74, 6) is 1.42. The summed E-state index contributed by atoms with van der Waals surface area (Å²) < 4.78 is 0. The van der Waals surface area contributed by atoms with Crippen LogP contribution in [0.4, 0.5) is 0 Å². The highest BCUT2D eigenvalue weighted by atomic mass is 16.2. The van der Waals surface area contributed by atoms with Gasteiger partial charge in [-0.2, -0.15) is 0 Å². The SMILES string of the molecule is CCC1CN(C(=O)CC(C)C)CCC1NC. The monoisotopic (exact) mass is 226 g/mol. The Balaban J connectivity index is 2.50. The molecular weight excluding hydrogens is 200 g/mol. The van der Waals surface area contributed by atoms with Crippen molar-refractivity contribution in [3.8, 4) is 0 Å². The molecule has 0 bridgehead atoms. The third-order valence-corrected chi connectivity index (χ3v) is 3.56. The molecule has 0 radical (unpaired) electrons. The van der Waals surface area contributed by atoms with Crippen LogP contribution < -0.4 is 5.32 Å². The smallest absolute Gasteiger partial charge is 0.222 e. The third kappa shape index (κ3) is 3.48. The molecule has 3 heteroatoms. The zero-order valence-corrected chi connectivity index (χ0v) is 11.1. The van der Waals surface area contributed by atoms with Crippen molar-refractivity contribution in [2.24, 2.45) is 11.8 Å². The van der Waals surface area contributed by atoms with Crippen LogP contribution in [0.15, 0.2) is 0 Å². The molecule has 0 aromatic rings. The topological polar surface area (TPSA) is 32.3 Å². The van der Waals surface area contributed by atoms with Gasteiger partial charge in [0.25, 0.3) is 0 Å². The number of likely N-dealkylation sites (tertiary alicyclic amines) is 1. The lowest BCUT2D eigenvalue weighted by atomic mass is 9.89. The van der Waals surface area contributed by atoms with E-state index >= 15 is 0 Å². The first-order valence-corrected chi connectivity index (χ1v) is 6.53. The summed E-state index contributed by atoms with van der Waals surface area (Å²) in [6.07, 6.45) is 2.94. The van der Waals surface area contributed by atoms with Crippen molar-refractivity contribution >= 4 is 5.91 Å². The minimum atomic E-state index is 0.336. The van der Waals surface area contributed by atoms with Crippen molar-refractivity contribution in [1.82, 2.24) is 10.2 Å². The highest BCUT2D eigenvalue weighted by molar-refractivity contribution is 5.76. The van der Waals surface area contributed by atoms with Gasteiger partial charge in [0.15, 0.2) is 0 Å². The number of carbonyl (C=O) groups excluding carboxylic acids is 1. The Labute approximate surface area is 99.6 Å². The summed E-state index contributed by atoms with van der Waals surface area (Å²) in [4.78, 5) is 14.0. The largest absolute Gasteiger partial charge is 0.342 e. The normalized spacial score (nSPS) is 26.2. The molecule has 0 aromatic heterocycles. The van der Waals surface area contributed by atoms with Gasteiger partial charge in [0.2, 0.25) is 5.91 Å². The van der Waals surface area contributed by atoms with Crippen molar-refractivity contribution in [3.05, 3.63) is 0 Å². The second-order valence-corrected chi connectivity index (χ2v) is 5.29. The second kappa shape index (κ2) is 6.24. The Hall–Kier alpha value is -0.570. The number of nitrogens with zero attached hydrogens (tertiary/aromatic N) is 1. The summed E-state index contributed by atoms with van der Waals surface area (Å²) in [7, 11) is 2.03. The maximum Gasteiger partial charge on any atom is 0.222 e. The van der Waals surface area contributed by atoms with Crippen molar-refractivity contribution in [3.63, 3.8) is 0 Å². The van der Waals surface area contributed by atoms with Crippen molar-refractivity contribution in [2.45, 2.75) is 46.1 Å². The van der Waals surface area contributed by atoms with Crippen LogP contribution in [0.5, 0.6) is 0 Å². The zero-order chi connectivity index (χ0) is 12.1. The van der Waals surface area contributed by atoms with E-state index in [0.29, 0.717) is 30.2 Å². The summed E-state index contributed by atoms with van der Waals surface area (Å²) in [6.45, 7) is 8.29. The average Bonchev–Trinajstić information content (AvgIpc) is 2.27. The lowest BCUT2D eigenvalue weighted by Gasteiger charge is -2.38. The Bertz CT molecular complexity index is 228. The van der Waals surface area contributed by atoms with E-state index < -0.39 is 0 Å². The Morgan fingerprint density at radius 3 is 2.69 bits per heavy atom.